The third-order valence-electron chi connectivity index (χ3n) is 5.09. The van der Waals surface area contributed by atoms with Crippen LogP contribution in [0.3, 0.4) is 0 Å². The van der Waals surface area contributed by atoms with Gasteiger partial charge in [-0.15, -0.1) is 0 Å². The number of ether oxygens (including phenoxy) is 1. The average Bonchev–Trinajstić information content (AvgIpc) is 2.62. The van der Waals surface area contributed by atoms with E-state index in [0.29, 0.717) is 28.1 Å². The van der Waals surface area contributed by atoms with Crippen molar-refractivity contribution in [2.24, 2.45) is 0 Å². The van der Waals surface area contributed by atoms with Gasteiger partial charge in [-0.2, -0.15) is 0 Å². The molecule has 0 aliphatic carbocycles. The molecule has 1 heterocycles. The van der Waals surface area contributed by atoms with E-state index in [1.807, 2.05) is 13.0 Å². The van der Waals surface area contributed by atoms with Crippen molar-refractivity contribution in [3.8, 4) is 11.1 Å². The fourth-order valence-electron chi connectivity index (χ4n) is 3.71. The van der Waals surface area contributed by atoms with Crippen LogP contribution in [0.5, 0.6) is 0 Å². The molecule has 3 rings (SSSR count). The van der Waals surface area contributed by atoms with Gasteiger partial charge in [-0.3, -0.25) is 4.79 Å². The first-order valence-electron chi connectivity index (χ1n) is 9.25. The van der Waals surface area contributed by atoms with Gasteiger partial charge >= 0.3 is 0 Å². The van der Waals surface area contributed by atoms with Gasteiger partial charge in [0.2, 0.25) is 0 Å². The van der Waals surface area contributed by atoms with Gasteiger partial charge < -0.3 is 9.84 Å². The number of benzene rings is 2. The Hall–Kier alpha value is -2.17. The zero-order valence-corrected chi connectivity index (χ0v) is 17.4. The summed E-state index contributed by atoms with van der Waals surface area (Å²) in [5.41, 5.74) is 0.741. The molecule has 0 radical (unpaired) electrons. The Morgan fingerprint density at radius 1 is 1.04 bits per heavy atom. The van der Waals surface area contributed by atoms with E-state index in [1.54, 1.807) is 45.9 Å². The number of aryl methyl sites for hydroxylation is 1. The lowest BCUT2D eigenvalue weighted by Gasteiger charge is -2.40. The Balaban J connectivity index is 2.20. The largest absolute Gasteiger partial charge is 0.508 e. The Kier molecular flexibility index (Phi) is 5.15. The fraction of sp³-hybridized carbons (Fsp3) is 0.348. The lowest BCUT2D eigenvalue weighted by Crippen LogP contribution is -2.49. The van der Waals surface area contributed by atoms with E-state index in [1.165, 1.54) is 12.1 Å². The lowest BCUT2D eigenvalue weighted by atomic mass is 9.81. The minimum atomic E-state index is -1.06. The van der Waals surface area contributed by atoms with Crippen LogP contribution in [0.1, 0.15) is 45.7 Å². The van der Waals surface area contributed by atoms with Crippen LogP contribution < -0.4 is 0 Å². The van der Waals surface area contributed by atoms with Crippen molar-refractivity contribution in [3.63, 3.8) is 0 Å². The molecular formula is C23H24ClFO3. The van der Waals surface area contributed by atoms with Crippen molar-refractivity contribution in [1.29, 1.82) is 0 Å². The average molecular weight is 403 g/mol. The van der Waals surface area contributed by atoms with Gasteiger partial charge in [0.05, 0.1) is 5.57 Å². The molecule has 0 saturated carbocycles. The Morgan fingerprint density at radius 3 is 2.36 bits per heavy atom. The highest BCUT2D eigenvalue weighted by atomic mass is 35.5. The number of hydrogen-bond acceptors (Lipinski definition) is 3. The maximum atomic E-state index is 14.3. The van der Waals surface area contributed by atoms with Gasteiger partial charge in [0.15, 0.2) is 5.78 Å². The molecule has 0 unspecified atom stereocenters. The van der Waals surface area contributed by atoms with Gasteiger partial charge in [0.25, 0.3) is 0 Å². The van der Waals surface area contributed by atoms with Crippen molar-refractivity contribution in [2.75, 3.05) is 0 Å². The minimum absolute atomic E-state index is 0.0896. The van der Waals surface area contributed by atoms with Crippen LogP contribution in [0.4, 0.5) is 4.39 Å². The van der Waals surface area contributed by atoms with E-state index in [-0.39, 0.29) is 22.9 Å². The number of carbonyl (C=O) groups is 1. The normalized spacial score (nSPS) is 18.5. The van der Waals surface area contributed by atoms with Crippen LogP contribution in [0, 0.1) is 5.82 Å². The van der Waals surface area contributed by atoms with Gasteiger partial charge in [0, 0.05) is 10.6 Å². The first-order chi connectivity index (χ1) is 13.0. The SMILES string of the molecule is CCc1cc(-c2cc(Cl)ccc2F)ccc1C1=C(O)C(C)(C)OC(C)(C)C1=O. The maximum Gasteiger partial charge on any atom is 0.198 e. The number of Topliss-reactive ketones (excluding diaryl/α,β-unsaturated/α-hetero) is 1. The number of aliphatic hydroxyl groups excluding tert-OH is 1. The molecule has 148 valence electrons. The molecular weight excluding hydrogens is 379 g/mol. The van der Waals surface area contributed by atoms with E-state index in [0.717, 1.165) is 5.56 Å². The van der Waals surface area contributed by atoms with Crippen molar-refractivity contribution in [2.45, 2.75) is 52.2 Å². The summed E-state index contributed by atoms with van der Waals surface area (Å²) in [6, 6.07) is 9.75. The van der Waals surface area contributed by atoms with E-state index >= 15 is 0 Å². The van der Waals surface area contributed by atoms with Gasteiger partial charge in [-0.25, -0.2) is 4.39 Å². The number of rotatable bonds is 3. The van der Waals surface area contributed by atoms with Crippen LogP contribution in [-0.4, -0.2) is 22.1 Å². The van der Waals surface area contributed by atoms with Crippen molar-refractivity contribution >= 4 is 23.0 Å². The third-order valence-corrected chi connectivity index (χ3v) is 5.32. The van der Waals surface area contributed by atoms with Crippen LogP contribution in [0.2, 0.25) is 5.02 Å². The van der Waals surface area contributed by atoms with Crippen LogP contribution in [0.15, 0.2) is 42.2 Å². The summed E-state index contributed by atoms with van der Waals surface area (Å²) >= 11 is 6.03. The van der Waals surface area contributed by atoms with Crippen molar-refractivity contribution in [1.82, 2.24) is 0 Å². The number of aliphatic hydroxyl groups is 1. The predicted molar refractivity (Wildman–Crippen MR) is 110 cm³/mol. The van der Waals surface area contributed by atoms with Crippen LogP contribution >= 0.6 is 11.6 Å². The summed E-state index contributed by atoms with van der Waals surface area (Å²) in [5.74, 6) is -0.736. The molecule has 1 N–H and O–H groups in total. The second kappa shape index (κ2) is 7.02. The Bertz CT molecular complexity index is 989. The highest BCUT2D eigenvalue weighted by Gasteiger charge is 2.47. The van der Waals surface area contributed by atoms with Gasteiger partial charge in [-0.1, -0.05) is 36.7 Å². The molecule has 0 saturated heterocycles. The molecule has 2 aromatic rings. The predicted octanol–water partition coefficient (Wildman–Crippen LogP) is 6.13. The molecule has 28 heavy (non-hydrogen) atoms. The highest BCUT2D eigenvalue weighted by molar-refractivity contribution is 6.30. The van der Waals surface area contributed by atoms with Crippen LogP contribution in [0.25, 0.3) is 16.7 Å². The number of ketones is 1. The maximum absolute atomic E-state index is 14.3. The number of hydrogen-bond donors (Lipinski definition) is 1. The quantitative estimate of drug-likeness (QED) is 0.671. The summed E-state index contributed by atoms with van der Waals surface area (Å²) in [6.45, 7) is 8.82. The highest BCUT2D eigenvalue weighted by Crippen LogP contribution is 2.41. The summed E-state index contributed by atoms with van der Waals surface area (Å²) < 4.78 is 20.1. The zero-order valence-electron chi connectivity index (χ0n) is 16.7. The molecule has 0 atom stereocenters. The number of halogens is 2. The summed E-state index contributed by atoms with van der Waals surface area (Å²) in [4.78, 5) is 13.0. The molecule has 0 bridgehead atoms. The second-order valence-electron chi connectivity index (χ2n) is 8.03. The van der Waals surface area contributed by atoms with E-state index in [4.69, 9.17) is 16.3 Å². The molecule has 1 aliphatic rings. The molecule has 5 heteroatoms. The zero-order chi connectivity index (χ0) is 20.9. The van der Waals surface area contributed by atoms with E-state index in [2.05, 4.69) is 0 Å². The fourth-order valence-corrected chi connectivity index (χ4v) is 3.88. The van der Waals surface area contributed by atoms with E-state index in [9.17, 15) is 14.3 Å². The topological polar surface area (TPSA) is 46.5 Å². The Labute approximate surface area is 169 Å². The summed E-state index contributed by atoms with van der Waals surface area (Å²) in [7, 11) is 0. The first kappa shape index (κ1) is 20.6. The smallest absolute Gasteiger partial charge is 0.198 e. The van der Waals surface area contributed by atoms with Crippen molar-refractivity contribution < 1.29 is 19.0 Å². The third kappa shape index (κ3) is 3.47. The van der Waals surface area contributed by atoms with Crippen molar-refractivity contribution in [3.05, 3.63) is 64.1 Å². The molecule has 0 amide bonds. The molecule has 0 spiro atoms. The second-order valence-corrected chi connectivity index (χ2v) is 8.46. The van der Waals surface area contributed by atoms with E-state index < -0.39 is 11.2 Å². The monoisotopic (exact) mass is 402 g/mol. The van der Waals surface area contributed by atoms with Gasteiger partial charge in [-0.05, 0) is 69.0 Å². The molecule has 0 fully saturated rings. The first-order valence-corrected chi connectivity index (χ1v) is 9.63. The Morgan fingerprint density at radius 2 is 1.71 bits per heavy atom. The minimum Gasteiger partial charge on any atom is -0.508 e. The summed E-state index contributed by atoms with van der Waals surface area (Å²) in [5, 5.41) is 11.2. The lowest BCUT2D eigenvalue weighted by molar-refractivity contribution is -0.158. The molecule has 0 aromatic heterocycles. The standard InChI is InChI=1S/C23H24ClFO3/c1-6-13-11-14(17-12-15(24)8-10-18(17)25)7-9-16(13)19-20(26)22(2,3)28-23(4,5)21(19)27/h7-12,26H,6H2,1-5H3. The van der Waals surface area contributed by atoms with Gasteiger partial charge in [0.1, 0.15) is 22.8 Å². The molecule has 3 nitrogen and oxygen atoms in total. The molecule has 1 aliphatic heterocycles. The van der Waals surface area contributed by atoms with Crippen LogP contribution in [-0.2, 0) is 16.0 Å². The molecule has 2 aromatic carbocycles. The summed E-state index contributed by atoms with van der Waals surface area (Å²) in [6.07, 6.45) is 0.608. The number of carbonyl (C=O) groups excluding carboxylic acids is 1.